The van der Waals surface area contributed by atoms with E-state index in [2.05, 4.69) is 5.32 Å². The Bertz CT molecular complexity index is 269. The van der Waals surface area contributed by atoms with Gasteiger partial charge >= 0.3 is 6.03 Å². The Morgan fingerprint density at radius 3 is 2.42 bits per heavy atom. The van der Waals surface area contributed by atoms with E-state index in [1.54, 1.807) is 31.4 Å². The maximum absolute atomic E-state index is 10.3. The van der Waals surface area contributed by atoms with Crippen LogP contribution in [0.5, 0.6) is 5.75 Å². The van der Waals surface area contributed by atoms with E-state index in [0.717, 1.165) is 5.75 Å². The van der Waals surface area contributed by atoms with Crippen molar-refractivity contribution in [2.24, 2.45) is 5.73 Å². The predicted octanol–water partition coefficient (Wildman–Crippen LogP) is 1.01. The summed E-state index contributed by atoms with van der Waals surface area (Å²) < 4.78 is 4.92. The number of benzene rings is 1. The van der Waals surface area contributed by atoms with Gasteiger partial charge in [-0.1, -0.05) is 0 Å². The third kappa shape index (κ3) is 2.16. The molecule has 0 spiro atoms. The Hall–Kier alpha value is -1.71. The SMILES string of the molecule is COc1ccc([N]C(N)=O)cc1. The highest BCUT2D eigenvalue weighted by Gasteiger charge is 1.97. The Kier molecular flexibility index (Phi) is 2.53. The molecule has 0 aliphatic rings. The van der Waals surface area contributed by atoms with Crippen molar-refractivity contribution in [3.63, 3.8) is 0 Å². The number of nitrogens with zero attached hydrogens (tertiary/aromatic N) is 1. The zero-order chi connectivity index (χ0) is 8.97. The first kappa shape index (κ1) is 8.39. The highest BCUT2D eigenvalue weighted by molar-refractivity contribution is 5.76. The van der Waals surface area contributed by atoms with Crippen LogP contribution in [0.1, 0.15) is 0 Å². The van der Waals surface area contributed by atoms with Crippen molar-refractivity contribution in [3.05, 3.63) is 24.3 Å². The molecule has 2 amide bonds. The number of rotatable bonds is 2. The number of urea groups is 1. The number of ether oxygens (including phenoxy) is 1. The van der Waals surface area contributed by atoms with Crippen LogP contribution in [0.25, 0.3) is 0 Å². The van der Waals surface area contributed by atoms with E-state index in [4.69, 9.17) is 10.5 Å². The van der Waals surface area contributed by atoms with Gasteiger partial charge in [0.05, 0.1) is 12.8 Å². The molecule has 4 heteroatoms. The van der Waals surface area contributed by atoms with Gasteiger partial charge in [-0.2, -0.15) is 5.32 Å². The molecule has 1 aromatic rings. The van der Waals surface area contributed by atoms with E-state index in [1.807, 2.05) is 0 Å². The minimum Gasteiger partial charge on any atom is -0.497 e. The average Bonchev–Trinajstić information content (AvgIpc) is 2.05. The lowest BCUT2D eigenvalue weighted by molar-refractivity contribution is 0.252. The van der Waals surface area contributed by atoms with E-state index >= 15 is 0 Å². The molecule has 4 nitrogen and oxygen atoms in total. The van der Waals surface area contributed by atoms with Crippen molar-refractivity contribution in [1.29, 1.82) is 0 Å². The van der Waals surface area contributed by atoms with Crippen LogP contribution >= 0.6 is 0 Å². The average molecular weight is 165 g/mol. The molecule has 1 radical (unpaired) electrons. The zero-order valence-corrected chi connectivity index (χ0v) is 6.65. The molecule has 0 bridgehead atoms. The normalized spacial score (nSPS) is 9.08. The minimum absolute atomic E-state index is 0.531. The Morgan fingerprint density at radius 1 is 1.42 bits per heavy atom. The molecule has 0 unspecified atom stereocenters. The highest BCUT2D eigenvalue weighted by Crippen LogP contribution is 2.14. The third-order valence-electron chi connectivity index (χ3n) is 1.31. The van der Waals surface area contributed by atoms with Crippen LogP contribution in [0, 0.1) is 0 Å². The number of hydrogen-bond acceptors (Lipinski definition) is 2. The van der Waals surface area contributed by atoms with E-state index in [0.29, 0.717) is 5.69 Å². The van der Waals surface area contributed by atoms with E-state index in [9.17, 15) is 4.79 Å². The van der Waals surface area contributed by atoms with E-state index in [-0.39, 0.29) is 0 Å². The van der Waals surface area contributed by atoms with Gasteiger partial charge in [-0.25, -0.2) is 4.79 Å². The van der Waals surface area contributed by atoms with Gasteiger partial charge in [-0.05, 0) is 24.3 Å². The third-order valence-corrected chi connectivity index (χ3v) is 1.31. The fourth-order valence-corrected chi connectivity index (χ4v) is 0.784. The summed E-state index contributed by atoms with van der Waals surface area (Å²) in [6.45, 7) is 0. The lowest BCUT2D eigenvalue weighted by Crippen LogP contribution is -2.18. The standard InChI is InChI=1S/C8H9N2O2/c1-12-7-4-2-6(3-5-7)10-8(9)11/h2-5H,1H3,(H2,9,11). The molecule has 0 heterocycles. The van der Waals surface area contributed by atoms with Gasteiger partial charge in [-0.3, -0.25) is 0 Å². The van der Waals surface area contributed by atoms with E-state index in [1.165, 1.54) is 0 Å². The van der Waals surface area contributed by atoms with Gasteiger partial charge in [0.1, 0.15) is 5.75 Å². The molecule has 0 atom stereocenters. The van der Waals surface area contributed by atoms with Crippen LogP contribution in [0.2, 0.25) is 0 Å². The maximum atomic E-state index is 10.3. The smallest absolute Gasteiger partial charge is 0.338 e. The number of carbonyl (C=O) groups excluding carboxylic acids is 1. The maximum Gasteiger partial charge on any atom is 0.338 e. The second kappa shape index (κ2) is 3.61. The summed E-state index contributed by atoms with van der Waals surface area (Å²) in [5.74, 6) is 0.721. The molecule has 1 aromatic carbocycles. The second-order valence-electron chi connectivity index (χ2n) is 2.15. The van der Waals surface area contributed by atoms with Gasteiger partial charge in [-0.15, -0.1) is 0 Å². The van der Waals surface area contributed by atoms with Gasteiger partial charge in [0, 0.05) is 0 Å². The van der Waals surface area contributed by atoms with Crippen LogP contribution in [0.4, 0.5) is 10.5 Å². The van der Waals surface area contributed by atoms with Gasteiger partial charge in [0.2, 0.25) is 0 Å². The Morgan fingerprint density at radius 2 is 2.00 bits per heavy atom. The number of methoxy groups -OCH3 is 1. The number of primary amides is 1. The summed E-state index contributed by atoms with van der Waals surface area (Å²) >= 11 is 0. The van der Waals surface area contributed by atoms with Crippen molar-refractivity contribution in [3.8, 4) is 5.75 Å². The van der Waals surface area contributed by atoms with Crippen LogP contribution in [-0.2, 0) is 0 Å². The summed E-state index contributed by atoms with van der Waals surface area (Å²) in [6, 6.07) is 6.04. The highest BCUT2D eigenvalue weighted by atomic mass is 16.5. The lowest BCUT2D eigenvalue weighted by Gasteiger charge is -2.00. The molecule has 1 rings (SSSR count). The van der Waals surface area contributed by atoms with Crippen molar-refractivity contribution < 1.29 is 9.53 Å². The monoisotopic (exact) mass is 165 g/mol. The first-order valence-electron chi connectivity index (χ1n) is 3.37. The molecule has 0 aromatic heterocycles. The Labute approximate surface area is 70.3 Å². The van der Waals surface area contributed by atoms with Gasteiger partial charge in [0.15, 0.2) is 0 Å². The topological polar surface area (TPSA) is 66.4 Å². The summed E-state index contributed by atoms with van der Waals surface area (Å²) in [5, 5.41) is 3.52. The van der Waals surface area contributed by atoms with Crippen LogP contribution in [0.3, 0.4) is 0 Å². The molecule has 12 heavy (non-hydrogen) atoms. The largest absolute Gasteiger partial charge is 0.497 e. The van der Waals surface area contributed by atoms with Crippen LogP contribution in [-0.4, -0.2) is 13.1 Å². The molecule has 0 fully saturated rings. The quantitative estimate of drug-likeness (QED) is 0.710. The van der Waals surface area contributed by atoms with Crippen molar-refractivity contribution in [2.45, 2.75) is 0 Å². The second-order valence-corrected chi connectivity index (χ2v) is 2.15. The molecular weight excluding hydrogens is 156 g/mol. The molecular formula is C8H9N2O2. The number of nitrogens with two attached hydrogens (primary N) is 1. The van der Waals surface area contributed by atoms with Crippen molar-refractivity contribution in [1.82, 2.24) is 5.32 Å². The summed E-state index contributed by atoms with van der Waals surface area (Å²) in [6.07, 6.45) is 0. The van der Waals surface area contributed by atoms with Crippen molar-refractivity contribution >= 4 is 11.7 Å². The molecule has 0 saturated carbocycles. The Balaban J connectivity index is 2.71. The molecule has 0 saturated heterocycles. The predicted molar refractivity (Wildman–Crippen MR) is 44.4 cm³/mol. The summed E-state index contributed by atoms with van der Waals surface area (Å²) in [5.41, 5.74) is 5.39. The van der Waals surface area contributed by atoms with Gasteiger partial charge < -0.3 is 10.5 Å². The van der Waals surface area contributed by atoms with Gasteiger partial charge in [0.25, 0.3) is 0 Å². The molecule has 2 N–H and O–H groups in total. The lowest BCUT2D eigenvalue weighted by atomic mass is 10.3. The van der Waals surface area contributed by atoms with E-state index < -0.39 is 6.03 Å². The molecule has 63 valence electrons. The number of hydrogen-bond donors (Lipinski definition) is 1. The fourth-order valence-electron chi connectivity index (χ4n) is 0.784. The summed E-state index contributed by atoms with van der Waals surface area (Å²) in [4.78, 5) is 10.3. The first-order valence-corrected chi connectivity index (χ1v) is 3.37. The zero-order valence-electron chi connectivity index (χ0n) is 6.65. The van der Waals surface area contributed by atoms with Crippen LogP contribution < -0.4 is 15.8 Å². The first-order chi connectivity index (χ1) is 5.72. The number of carbonyl (C=O) groups is 1. The fraction of sp³-hybridized carbons (Fsp3) is 0.125. The molecule has 0 aliphatic heterocycles. The minimum atomic E-state index is -0.694. The van der Waals surface area contributed by atoms with Crippen LogP contribution in [0.15, 0.2) is 24.3 Å². The molecule has 0 aliphatic carbocycles. The number of amides is 2. The van der Waals surface area contributed by atoms with Crippen molar-refractivity contribution in [2.75, 3.05) is 7.11 Å². The summed E-state index contributed by atoms with van der Waals surface area (Å²) in [7, 11) is 1.57.